The molecule has 1 fully saturated rings. The minimum atomic E-state index is -3.42. The van der Waals surface area contributed by atoms with Crippen LogP contribution in [0.3, 0.4) is 0 Å². The summed E-state index contributed by atoms with van der Waals surface area (Å²) in [5, 5.41) is 3.06. The molecule has 2 N–H and O–H groups in total. The average molecular weight is 253 g/mol. The summed E-state index contributed by atoms with van der Waals surface area (Å²) in [6.45, 7) is 1.37. The first-order valence-corrected chi connectivity index (χ1v) is 5.77. The lowest BCUT2D eigenvalue weighted by atomic mass is 10.2. The summed E-state index contributed by atoms with van der Waals surface area (Å²) in [5.74, 6) is 0. The maximum atomic E-state index is 11.6. The first kappa shape index (κ1) is 12.4. The largest absolute Gasteiger partial charge is 0.339 e. The summed E-state index contributed by atoms with van der Waals surface area (Å²) in [6, 6.07) is 0.00186. The Kier molecular flexibility index (Phi) is 3.72. The highest BCUT2D eigenvalue weighted by atomic mass is 35.5. The van der Waals surface area contributed by atoms with E-state index in [1.807, 2.05) is 0 Å². The smallest absolute Gasteiger partial charge is 0.259 e. The van der Waals surface area contributed by atoms with Crippen LogP contribution in [0, 0.1) is 0 Å². The van der Waals surface area contributed by atoms with Crippen LogP contribution < -0.4 is 10.0 Å². The van der Waals surface area contributed by atoms with Gasteiger partial charge in [0.15, 0.2) is 5.03 Å². The van der Waals surface area contributed by atoms with Gasteiger partial charge in [-0.25, -0.2) is 18.1 Å². The van der Waals surface area contributed by atoms with Gasteiger partial charge in [0.25, 0.3) is 10.0 Å². The van der Waals surface area contributed by atoms with Gasteiger partial charge in [0, 0.05) is 32.4 Å². The number of hydrogen-bond acceptors (Lipinski definition) is 4. The van der Waals surface area contributed by atoms with Crippen LogP contribution >= 0.6 is 12.4 Å². The Morgan fingerprint density at radius 2 is 2.27 bits per heavy atom. The summed E-state index contributed by atoms with van der Waals surface area (Å²) < 4.78 is 27.4. The van der Waals surface area contributed by atoms with Gasteiger partial charge >= 0.3 is 0 Å². The van der Waals surface area contributed by atoms with Crippen LogP contribution in [0.4, 0.5) is 0 Å². The van der Waals surface area contributed by atoms with Gasteiger partial charge in [-0.15, -0.1) is 12.4 Å². The Bertz CT molecular complexity index is 426. The Morgan fingerprint density at radius 3 is 2.67 bits per heavy atom. The number of hydrogen-bond donors (Lipinski definition) is 2. The van der Waals surface area contributed by atoms with E-state index in [9.17, 15) is 8.42 Å². The summed E-state index contributed by atoms with van der Waals surface area (Å²) in [7, 11) is -1.69. The number of aryl methyl sites for hydroxylation is 1. The molecule has 0 radical (unpaired) electrons. The van der Waals surface area contributed by atoms with Crippen LogP contribution in [0.5, 0.6) is 0 Å². The molecule has 1 aliphatic heterocycles. The standard InChI is InChI=1S/C7H12N4O2S.ClH/c1-11-4-7(9-5-11)14(12,13)10-6-2-8-3-6;/h4-6,8,10H,2-3H2,1H3;1H. The second-order valence-corrected chi connectivity index (χ2v) is 5.01. The van der Waals surface area contributed by atoms with Gasteiger partial charge in [-0.3, -0.25) is 0 Å². The van der Waals surface area contributed by atoms with Crippen molar-refractivity contribution in [2.45, 2.75) is 11.1 Å². The molecule has 0 aliphatic carbocycles. The lowest BCUT2D eigenvalue weighted by Gasteiger charge is -2.27. The zero-order valence-corrected chi connectivity index (χ0v) is 9.81. The van der Waals surface area contributed by atoms with Gasteiger partial charge in [-0.05, 0) is 0 Å². The van der Waals surface area contributed by atoms with Gasteiger partial charge < -0.3 is 9.88 Å². The highest BCUT2D eigenvalue weighted by molar-refractivity contribution is 7.89. The maximum Gasteiger partial charge on any atom is 0.259 e. The fourth-order valence-corrected chi connectivity index (χ4v) is 2.40. The van der Waals surface area contributed by atoms with Crippen molar-refractivity contribution in [3.8, 4) is 0 Å². The molecule has 2 heterocycles. The van der Waals surface area contributed by atoms with Crippen LogP contribution in [0.15, 0.2) is 17.6 Å². The van der Waals surface area contributed by atoms with E-state index in [0.29, 0.717) is 13.1 Å². The molecule has 0 spiro atoms. The molecule has 0 saturated carbocycles. The molecular formula is C7H13ClN4O2S. The lowest BCUT2D eigenvalue weighted by molar-refractivity contribution is 0.410. The fraction of sp³-hybridized carbons (Fsp3) is 0.571. The van der Waals surface area contributed by atoms with E-state index in [1.165, 1.54) is 12.5 Å². The van der Waals surface area contributed by atoms with Crippen LogP contribution in [-0.4, -0.2) is 37.1 Å². The van der Waals surface area contributed by atoms with Crippen molar-refractivity contribution in [3.63, 3.8) is 0 Å². The van der Waals surface area contributed by atoms with Crippen molar-refractivity contribution in [3.05, 3.63) is 12.5 Å². The zero-order chi connectivity index (χ0) is 10.2. The highest BCUT2D eigenvalue weighted by Gasteiger charge is 2.25. The number of aromatic nitrogens is 2. The number of imidazole rings is 1. The minimum absolute atomic E-state index is 0. The molecule has 6 nitrogen and oxygen atoms in total. The van der Waals surface area contributed by atoms with E-state index in [2.05, 4.69) is 15.0 Å². The monoisotopic (exact) mass is 252 g/mol. The first-order valence-electron chi connectivity index (χ1n) is 4.29. The topological polar surface area (TPSA) is 76.0 Å². The summed E-state index contributed by atoms with van der Waals surface area (Å²) in [4.78, 5) is 3.79. The second-order valence-electron chi connectivity index (χ2n) is 3.35. The number of nitrogens with one attached hydrogen (secondary N) is 2. The Hall–Kier alpha value is -0.630. The minimum Gasteiger partial charge on any atom is -0.339 e. The Balaban J connectivity index is 0.00000112. The number of sulfonamides is 1. The van der Waals surface area contributed by atoms with Crippen LogP contribution in [0.1, 0.15) is 0 Å². The van der Waals surface area contributed by atoms with E-state index in [1.54, 1.807) is 11.6 Å². The van der Waals surface area contributed by atoms with E-state index >= 15 is 0 Å². The molecule has 1 aromatic rings. The van der Waals surface area contributed by atoms with Gasteiger partial charge in [0.2, 0.25) is 0 Å². The number of nitrogens with zero attached hydrogens (tertiary/aromatic N) is 2. The molecule has 0 aromatic carbocycles. The molecule has 1 aliphatic rings. The van der Waals surface area contributed by atoms with Gasteiger partial charge in [-0.1, -0.05) is 0 Å². The first-order chi connectivity index (χ1) is 6.58. The van der Waals surface area contributed by atoms with Crippen molar-refractivity contribution in [2.75, 3.05) is 13.1 Å². The fourth-order valence-electron chi connectivity index (χ4n) is 1.18. The van der Waals surface area contributed by atoms with E-state index in [0.717, 1.165) is 0 Å². The van der Waals surface area contributed by atoms with Crippen molar-refractivity contribution in [1.29, 1.82) is 0 Å². The van der Waals surface area contributed by atoms with Crippen LogP contribution in [0.2, 0.25) is 0 Å². The molecule has 0 bridgehead atoms. The van der Waals surface area contributed by atoms with Gasteiger partial charge in [-0.2, -0.15) is 0 Å². The maximum absolute atomic E-state index is 11.6. The molecule has 2 rings (SSSR count). The summed E-state index contributed by atoms with van der Waals surface area (Å²) in [5.41, 5.74) is 0. The quantitative estimate of drug-likeness (QED) is 0.731. The van der Waals surface area contributed by atoms with Crippen LogP contribution in [-0.2, 0) is 17.1 Å². The molecule has 86 valence electrons. The molecule has 1 saturated heterocycles. The van der Waals surface area contributed by atoms with Crippen molar-refractivity contribution in [2.24, 2.45) is 7.05 Å². The molecular weight excluding hydrogens is 240 g/mol. The molecule has 0 atom stereocenters. The predicted octanol–water partition coefficient (Wildman–Crippen LogP) is -0.908. The summed E-state index contributed by atoms with van der Waals surface area (Å²) >= 11 is 0. The van der Waals surface area contributed by atoms with Crippen LogP contribution in [0.25, 0.3) is 0 Å². The molecule has 15 heavy (non-hydrogen) atoms. The zero-order valence-electron chi connectivity index (χ0n) is 8.17. The van der Waals surface area contributed by atoms with E-state index in [4.69, 9.17) is 0 Å². The third-order valence-corrected chi connectivity index (χ3v) is 3.46. The molecule has 8 heteroatoms. The second kappa shape index (κ2) is 4.48. The third kappa shape index (κ3) is 2.69. The summed E-state index contributed by atoms with van der Waals surface area (Å²) in [6.07, 6.45) is 2.95. The van der Waals surface area contributed by atoms with Crippen molar-refractivity contribution >= 4 is 22.4 Å². The number of halogens is 1. The SMILES string of the molecule is Cl.Cn1cnc(S(=O)(=O)NC2CNC2)c1. The van der Waals surface area contributed by atoms with Crippen molar-refractivity contribution < 1.29 is 8.42 Å². The molecule has 1 aromatic heterocycles. The van der Waals surface area contributed by atoms with Crippen molar-refractivity contribution in [1.82, 2.24) is 19.6 Å². The molecule has 0 unspecified atom stereocenters. The third-order valence-electron chi connectivity index (χ3n) is 2.06. The van der Waals surface area contributed by atoms with E-state index in [-0.39, 0.29) is 23.5 Å². The normalized spacial score (nSPS) is 16.9. The van der Waals surface area contributed by atoms with Gasteiger partial charge in [0.05, 0.1) is 6.33 Å². The number of rotatable bonds is 3. The Morgan fingerprint density at radius 1 is 1.60 bits per heavy atom. The molecule has 0 amide bonds. The van der Waals surface area contributed by atoms with Gasteiger partial charge in [0.1, 0.15) is 0 Å². The average Bonchev–Trinajstić information content (AvgIpc) is 2.45. The van der Waals surface area contributed by atoms with E-state index < -0.39 is 10.0 Å². The highest BCUT2D eigenvalue weighted by Crippen LogP contribution is 2.06. The predicted molar refractivity (Wildman–Crippen MR) is 57.4 cm³/mol. The lowest BCUT2D eigenvalue weighted by Crippen LogP contribution is -2.56. The Labute approximate surface area is 94.5 Å².